The standard InChI is InChI=1S/C11H15NO2S/c1-9(8-11(13)14)15-7-5-10-4-2-3-6-12-10/h2-4,6,9H,5,7-8H2,1H3,(H,13,14). The molecule has 1 rings (SSSR count). The molecule has 0 spiro atoms. The summed E-state index contributed by atoms with van der Waals surface area (Å²) in [5, 5.41) is 8.75. The molecule has 0 amide bonds. The Kier molecular flexibility index (Phi) is 5.18. The van der Waals surface area contributed by atoms with Crippen LogP contribution in [0.25, 0.3) is 0 Å². The minimum atomic E-state index is -0.729. The zero-order valence-corrected chi connectivity index (χ0v) is 9.54. The van der Waals surface area contributed by atoms with Gasteiger partial charge in [0.1, 0.15) is 0 Å². The monoisotopic (exact) mass is 225 g/mol. The van der Waals surface area contributed by atoms with Gasteiger partial charge in [-0.1, -0.05) is 13.0 Å². The van der Waals surface area contributed by atoms with Crippen molar-refractivity contribution in [3.63, 3.8) is 0 Å². The third-order valence-corrected chi connectivity index (χ3v) is 3.12. The predicted molar refractivity (Wildman–Crippen MR) is 62.1 cm³/mol. The molecule has 3 nitrogen and oxygen atoms in total. The molecular formula is C11H15NO2S. The molecule has 0 saturated carbocycles. The van der Waals surface area contributed by atoms with Crippen LogP contribution >= 0.6 is 11.8 Å². The van der Waals surface area contributed by atoms with E-state index in [2.05, 4.69) is 4.98 Å². The van der Waals surface area contributed by atoms with E-state index in [-0.39, 0.29) is 11.7 Å². The first-order chi connectivity index (χ1) is 7.18. The van der Waals surface area contributed by atoms with E-state index in [0.29, 0.717) is 0 Å². The summed E-state index contributed by atoms with van der Waals surface area (Å²) in [6, 6.07) is 5.85. The number of carboxylic acid groups (broad SMARTS) is 1. The predicted octanol–water partition coefficient (Wildman–Crippen LogP) is 2.22. The number of hydrogen-bond donors (Lipinski definition) is 1. The summed E-state index contributed by atoms with van der Waals surface area (Å²) in [6.07, 6.45) is 2.91. The van der Waals surface area contributed by atoms with Gasteiger partial charge in [0, 0.05) is 17.1 Å². The average molecular weight is 225 g/mol. The SMILES string of the molecule is CC(CC(=O)O)SCCc1ccccn1. The number of aryl methyl sites for hydroxylation is 1. The molecule has 0 radical (unpaired) electrons. The Morgan fingerprint density at radius 2 is 2.40 bits per heavy atom. The highest BCUT2D eigenvalue weighted by Crippen LogP contribution is 2.15. The van der Waals surface area contributed by atoms with Crippen LogP contribution in [0.5, 0.6) is 0 Å². The van der Waals surface area contributed by atoms with Gasteiger partial charge in [-0.05, 0) is 24.3 Å². The topological polar surface area (TPSA) is 50.2 Å². The summed E-state index contributed by atoms with van der Waals surface area (Å²) in [4.78, 5) is 14.6. The van der Waals surface area contributed by atoms with Crippen LogP contribution in [-0.4, -0.2) is 27.1 Å². The molecule has 1 unspecified atom stereocenters. The van der Waals surface area contributed by atoms with E-state index in [1.54, 1.807) is 18.0 Å². The van der Waals surface area contributed by atoms with Crippen molar-refractivity contribution in [3.05, 3.63) is 30.1 Å². The van der Waals surface area contributed by atoms with E-state index < -0.39 is 5.97 Å². The molecule has 1 aromatic heterocycles. The van der Waals surface area contributed by atoms with Crippen LogP contribution in [0.3, 0.4) is 0 Å². The summed E-state index contributed by atoms with van der Waals surface area (Å²) in [5.41, 5.74) is 1.06. The molecule has 0 bridgehead atoms. The molecule has 1 aromatic rings. The molecule has 0 saturated heterocycles. The summed E-state index contributed by atoms with van der Waals surface area (Å²) in [7, 11) is 0. The van der Waals surface area contributed by atoms with Crippen LogP contribution in [-0.2, 0) is 11.2 Å². The maximum absolute atomic E-state index is 10.4. The highest BCUT2D eigenvalue weighted by atomic mass is 32.2. The number of hydrogen-bond acceptors (Lipinski definition) is 3. The average Bonchev–Trinajstić information content (AvgIpc) is 2.18. The van der Waals surface area contributed by atoms with Crippen LogP contribution in [0.1, 0.15) is 19.0 Å². The number of thioether (sulfide) groups is 1. The van der Waals surface area contributed by atoms with Crippen molar-refractivity contribution < 1.29 is 9.90 Å². The number of pyridine rings is 1. The van der Waals surface area contributed by atoms with Gasteiger partial charge in [-0.15, -0.1) is 0 Å². The van der Waals surface area contributed by atoms with Crippen LogP contribution < -0.4 is 0 Å². The van der Waals surface area contributed by atoms with Gasteiger partial charge >= 0.3 is 5.97 Å². The second-order valence-electron chi connectivity index (χ2n) is 3.35. The first kappa shape index (κ1) is 12.0. The van der Waals surface area contributed by atoms with Gasteiger partial charge in [-0.3, -0.25) is 9.78 Å². The van der Waals surface area contributed by atoms with Crippen molar-refractivity contribution in [2.75, 3.05) is 5.75 Å². The fourth-order valence-electron chi connectivity index (χ4n) is 1.22. The van der Waals surface area contributed by atoms with Gasteiger partial charge in [0.05, 0.1) is 6.42 Å². The lowest BCUT2D eigenvalue weighted by atomic mass is 10.3. The minimum absolute atomic E-state index is 0.172. The Labute approximate surface area is 93.9 Å². The lowest BCUT2D eigenvalue weighted by Crippen LogP contribution is -2.07. The third kappa shape index (κ3) is 5.42. The second kappa shape index (κ2) is 6.45. The summed E-state index contributed by atoms with van der Waals surface area (Å²) in [6.45, 7) is 1.94. The molecule has 1 atom stereocenters. The molecule has 0 aromatic carbocycles. The number of carbonyl (C=O) groups is 1. The Hall–Kier alpha value is -1.03. The molecular weight excluding hydrogens is 210 g/mol. The third-order valence-electron chi connectivity index (χ3n) is 1.95. The Morgan fingerprint density at radius 1 is 1.60 bits per heavy atom. The van der Waals surface area contributed by atoms with Gasteiger partial charge < -0.3 is 5.11 Å². The van der Waals surface area contributed by atoms with Crippen molar-refractivity contribution in [1.82, 2.24) is 4.98 Å². The first-order valence-electron chi connectivity index (χ1n) is 4.92. The van der Waals surface area contributed by atoms with Crippen LogP contribution in [0.2, 0.25) is 0 Å². The van der Waals surface area contributed by atoms with E-state index in [4.69, 9.17) is 5.11 Å². The summed E-state index contributed by atoms with van der Waals surface area (Å²) in [5.74, 6) is 0.193. The molecule has 0 aliphatic rings. The molecule has 0 aliphatic carbocycles. The molecule has 15 heavy (non-hydrogen) atoms. The van der Waals surface area contributed by atoms with Gasteiger partial charge in [0.25, 0.3) is 0 Å². The van der Waals surface area contributed by atoms with E-state index in [0.717, 1.165) is 17.9 Å². The zero-order chi connectivity index (χ0) is 11.1. The van der Waals surface area contributed by atoms with Crippen LogP contribution in [0, 0.1) is 0 Å². The van der Waals surface area contributed by atoms with Crippen LogP contribution in [0.15, 0.2) is 24.4 Å². The Bertz CT molecular complexity index is 303. The van der Waals surface area contributed by atoms with Crippen LogP contribution in [0.4, 0.5) is 0 Å². The van der Waals surface area contributed by atoms with Crippen molar-refractivity contribution in [1.29, 1.82) is 0 Å². The van der Waals surface area contributed by atoms with E-state index in [1.165, 1.54) is 0 Å². The Morgan fingerprint density at radius 3 is 3.00 bits per heavy atom. The summed E-state index contributed by atoms with van der Waals surface area (Å²) < 4.78 is 0. The van der Waals surface area contributed by atoms with Gasteiger partial charge in [-0.2, -0.15) is 11.8 Å². The molecule has 82 valence electrons. The number of carboxylic acids is 1. The molecule has 0 fully saturated rings. The van der Waals surface area contributed by atoms with Gasteiger partial charge in [0.15, 0.2) is 0 Å². The fraction of sp³-hybridized carbons (Fsp3) is 0.455. The molecule has 4 heteroatoms. The second-order valence-corrected chi connectivity index (χ2v) is 4.90. The number of aromatic nitrogens is 1. The van der Waals surface area contributed by atoms with Gasteiger partial charge in [-0.25, -0.2) is 0 Å². The normalized spacial score (nSPS) is 12.3. The zero-order valence-electron chi connectivity index (χ0n) is 8.72. The highest BCUT2D eigenvalue weighted by molar-refractivity contribution is 7.99. The number of aliphatic carboxylic acids is 1. The Balaban J connectivity index is 2.19. The van der Waals surface area contributed by atoms with Crippen molar-refractivity contribution >= 4 is 17.7 Å². The number of nitrogens with zero attached hydrogens (tertiary/aromatic N) is 1. The lowest BCUT2D eigenvalue weighted by molar-refractivity contribution is -0.136. The van der Waals surface area contributed by atoms with E-state index in [1.807, 2.05) is 25.1 Å². The smallest absolute Gasteiger partial charge is 0.304 e. The molecule has 0 aliphatic heterocycles. The van der Waals surface area contributed by atoms with Crippen molar-refractivity contribution in [2.45, 2.75) is 25.0 Å². The lowest BCUT2D eigenvalue weighted by Gasteiger charge is -2.07. The first-order valence-corrected chi connectivity index (χ1v) is 5.96. The maximum Gasteiger partial charge on any atom is 0.304 e. The maximum atomic E-state index is 10.4. The van der Waals surface area contributed by atoms with Crippen molar-refractivity contribution in [3.8, 4) is 0 Å². The fourth-order valence-corrected chi connectivity index (χ4v) is 2.21. The van der Waals surface area contributed by atoms with E-state index in [9.17, 15) is 4.79 Å². The largest absolute Gasteiger partial charge is 0.481 e. The minimum Gasteiger partial charge on any atom is -0.481 e. The highest BCUT2D eigenvalue weighted by Gasteiger charge is 2.07. The number of rotatable bonds is 6. The quantitative estimate of drug-likeness (QED) is 0.806. The van der Waals surface area contributed by atoms with Crippen molar-refractivity contribution in [2.24, 2.45) is 0 Å². The molecule has 1 N–H and O–H groups in total. The summed E-state index contributed by atoms with van der Waals surface area (Å²) >= 11 is 1.68. The van der Waals surface area contributed by atoms with E-state index >= 15 is 0 Å². The molecule has 1 heterocycles. The van der Waals surface area contributed by atoms with Gasteiger partial charge in [0.2, 0.25) is 0 Å².